The van der Waals surface area contributed by atoms with E-state index in [0.29, 0.717) is 0 Å². The van der Waals surface area contributed by atoms with Crippen LogP contribution in [0.5, 0.6) is 23.0 Å². The van der Waals surface area contributed by atoms with Gasteiger partial charge in [0.2, 0.25) is 13.6 Å². The smallest absolute Gasteiger partial charge is 0.230 e. The number of hydrogen-bond donors (Lipinski definition) is 0. The topological polar surface area (TPSA) is 36.9 Å². The molecule has 0 bridgehead atoms. The molecule has 4 heterocycles. The Morgan fingerprint density at radius 3 is 1.27 bits per heavy atom. The van der Waals surface area contributed by atoms with Crippen molar-refractivity contribution in [3.8, 4) is 45.3 Å². The zero-order valence-corrected chi connectivity index (χ0v) is 36.5. The highest BCUT2D eigenvalue weighted by Gasteiger charge is 2.60. The predicted octanol–water partition coefficient (Wildman–Crippen LogP) is 15.3. The third-order valence-corrected chi connectivity index (χ3v) is 18.0. The second-order valence-corrected chi connectivity index (χ2v) is 20.7. The zero-order valence-electron chi connectivity index (χ0n) is 34.8. The molecular weight excluding hydrogens is 813 g/mol. The Morgan fingerprint density at radius 2 is 0.825 bits per heavy atom. The molecule has 1 saturated carbocycles. The SMILES string of the molecule is C[C@]12SC(c3cc4ccccc4c4c3OCOc3ccc5ccccc5c3-4)=CC1=C1CCCC1=C1C=C(c3cc4ccccc4c4c3OCOc3ccc5ccccc5c3-4)S[C@@]12C. The molecule has 0 radical (unpaired) electrons. The van der Waals surface area contributed by atoms with E-state index in [1.165, 1.54) is 75.2 Å². The number of fused-ring (bicyclic) bond motifs is 18. The van der Waals surface area contributed by atoms with E-state index >= 15 is 0 Å². The Bertz CT molecular complexity index is 3310. The van der Waals surface area contributed by atoms with Crippen molar-refractivity contribution in [2.75, 3.05) is 13.6 Å². The first-order chi connectivity index (χ1) is 31.0. The summed E-state index contributed by atoms with van der Waals surface area (Å²) in [4.78, 5) is 2.49. The molecule has 8 aromatic carbocycles. The molecule has 4 nitrogen and oxygen atoms in total. The van der Waals surface area contributed by atoms with Gasteiger partial charge in [0, 0.05) is 43.2 Å². The molecule has 6 heteroatoms. The maximum absolute atomic E-state index is 6.80. The molecule has 4 aliphatic heterocycles. The van der Waals surface area contributed by atoms with E-state index in [-0.39, 0.29) is 23.1 Å². The molecule has 2 aliphatic carbocycles. The van der Waals surface area contributed by atoms with Gasteiger partial charge < -0.3 is 18.9 Å². The summed E-state index contributed by atoms with van der Waals surface area (Å²) in [6.07, 6.45) is 8.40. The van der Waals surface area contributed by atoms with Gasteiger partial charge in [-0.3, -0.25) is 0 Å². The number of hydrogen-bond acceptors (Lipinski definition) is 6. The first kappa shape index (κ1) is 36.2. The molecule has 2 atom stereocenters. The van der Waals surface area contributed by atoms with Crippen LogP contribution in [0, 0.1) is 0 Å². The molecule has 6 aliphatic rings. The Labute approximate surface area is 373 Å². The van der Waals surface area contributed by atoms with Gasteiger partial charge in [0.25, 0.3) is 0 Å². The lowest BCUT2D eigenvalue weighted by Gasteiger charge is -2.47. The van der Waals surface area contributed by atoms with Crippen LogP contribution in [-0.4, -0.2) is 23.1 Å². The second kappa shape index (κ2) is 13.1. The van der Waals surface area contributed by atoms with E-state index in [0.717, 1.165) is 75.6 Å². The summed E-state index contributed by atoms with van der Waals surface area (Å²) in [6.45, 7) is 5.30. The van der Waals surface area contributed by atoms with Crippen molar-refractivity contribution in [1.29, 1.82) is 0 Å². The van der Waals surface area contributed by atoms with Crippen molar-refractivity contribution in [2.45, 2.75) is 42.6 Å². The first-order valence-corrected chi connectivity index (χ1v) is 23.6. The summed E-state index contributed by atoms with van der Waals surface area (Å²) in [6, 6.07) is 48.0. The molecule has 0 saturated heterocycles. The lowest BCUT2D eigenvalue weighted by atomic mass is 9.72. The summed E-state index contributed by atoms with van der Waals surface area (Å²) < 4.78 is 25.9. The highest BCUT2D eigenvalue weighted by atomic mass is 32.2. The minimum atomic E-state index is -0.269. The monoisotopic (exact) mass is 852 g/mol. The van der Waals surface area contributed by atoms with Crippen molar-refractivity contribution >= 4 is 76.4 Å². The number of benzene rings is 8. The highest BCUT2D eigenvalue weighted by Crippen LogP contribution is 2.71. The van der Waals surface area contributed by atoms with E-state index in [4.69, 9.17) is 18.9 Å². The van der Waals surface area contributed by atoms with Crippen LogP contribution in [0.1, 0.15) is 44.2 Å². The summed E-state index contributed by atoms with van der Waals surface area (Å²) in [5.74, 6) is 3.49. The molecule has 63 heavy (non-hydrogen) atoms. The van der Waals surface area contributed by atoms with Crippen LogP contribution >= 0.6 is 23.5 Å². The van der Waals surface area contributed by atoms with E-state index in [1.807, 2.05) is 23.5 Å². The fourth-order valence-electron chi connectivity index (χ4n) is 11.6. The second-order valence-electron chi connectivity index (χ2n) is 17.8. The van der Waals surface area contributed by atoms with Crippen LogP contribution < -0.4 is 18.9 Å². The molecule has 14 rings (SSSR count). The lowest BCUT2D eigenvalue weighted by molar-refractivity contribution is 0.124. The van der Waals surface area contributed by atoms with Gasteiger partial charge in [-0.25, -0.2) is 0 Å². The van der Waals surface area contributed by atoms with Crippen LogP contribution in [0.25, 0.3) is 75.2 Å². The minimum absolute atomic E-state index is 0.146. The van der Waals surface area contributed by atoms with Gasteiger partial charge in [0.1, 0.15) is 23.0 Å². The summed E-state index contributed by atoms with van der Waals surface area (Å²) in [5, 5.41) is 9.41. The van der Waals surface area contributed by atoms with Crippen molar-refractivity contribution in [3.05, 3.63) is 179 Å². The largest absolute Gasteiger partial charge is 0.457 e. The molecule has 0 N–H and O–H groups in total. The lowest BCUT2D eigenvalue weighted by Crippen LogP contribution is -2.47. The number of thioether (sulfide) groups is 2. The van der Waals surface area contributed by atoms with Crippen LogP contribution in [0.4, 0.5) is 0 Å². The molecule has 0 spiro atoms. The Kier molecular flexibility index (Phi) is 7.52. The average molecular weight is 853 g/mol. The predicted molar refractivity (Wildman–Crippen MR) is 262 cm³/mol. The third-order valence-electron chi connectivity index (χ3n) is 14.6. The number of allylic oxidation sites excluding steroid dienone is 4. The maximum Gasteiger partial charge on any atom is 0.230 e. The molecule has 304 valence electrons. The van der Waals surface area contributed by atoms with Crippen molar-refractivity contribution in [1.82, 2.24) is 0 Å². The van der Waals surface area contributed by atoms with Gasteiger partial charge in [-0.1, -0.05) is 109 Å². The van der Waals surface area contributed by atoms with Crippen LogP contribution in [0.2, 0.25) is 0 Å². The normalized spacial score (nSPS) is 21.7. The first-order valence-electron chi connectivity index (χ1n) is 21.9. The minimum Gasteiger partial charge on any atom is -0.457 e. The Balaban J connectivity index is 0.944. The van der Waals surface area contributed by atoms with E-state index in [2.05, 4.69) is 159 Å². The van der Waals surface area contributed by atoms with Gasteiger partial charge >= 0.3 is 0 Å². The standard InChI is InChI=1S/C57H40O4S2/c1-56-44(28-48(62-56)42-26-34-14-5-9-18-38(34)52-50-36-16-7-3-12-32(36)22-24-46(50)58-30-60-54(42)52)40-20-11-21-41(40)45-29-49(63-57(45,56)2)43-27-35-15-6-10-19-39(35)53-51-37-17-8-4-13-33(37)23-25-47(51)59-31-61-55(43)53/h3-10,12-19,22-29H,11,20-21,30-31H2,1-2H3/t56-,57-/m0/s1. The van der Waals surface area contributed by atoms with Gasteiger partial charge in [-0.05, 0) is 135 Å². The fourth-order valence-corrected chi connectivity index (χ4v) is 14.8. The fraction of sp³-hybridized carbons (Fsp3) is 0.158. The maximum atomic E-state index is 6.80. The molecule has 8 aromatic rings. The molecule has 1 fully saturated rings. The third kappa shape index (κ3) is 4.91. The van der Waals surface area contributed by atoms with E-state index in [9.17, 15) is 0 Å². The molecule has 0 amide bonds. The van der Waals surface area contributed by atoms with Gasteiger partial charge in [-0.2, -0.15) is 0 Å². The molecule has 0 unspecified atom stereocenters. The van der Waals surface area contributed by atoms with Gasteiger partial charge in [0.15, 0.2) is 0 Å². The van der Waals surface area contributed by atoms with Crippen LogP contribution in [0.15, 0.2) is 168 Å². The zero-order chi connectivity index (χ0) is 41.6. The quantitative estimate of drug-likeness (QED) is 0.172. The molecule has 0 aromatic heterocycles. The summed E-state index contributed by atoms with van der Waals surface area (Å²) in [5.41, 5.74) is 12.6. The van der Waals surface area contributed by atoms with E-state index in [1.54, 1.807) is 0 Å². The Morgan fingerprint density at radius 1 is 0.429 bits per heavy atom. The number of ether oxygens (including phenoxy) is 4. The summed E-state index contributed by atoms with van der Waals surface area (Å²) >= 11 is 4.03. The van der Waals surface area contributed by atoms with Crippen molar-refractivity contribution in [3.63, 3.8) is 0 Å². The Hall–Kier alpha value is -6.34. The average Bonchev–Trinajstić information content (AvgIpc) is 3.96. The van der Waals surface area contributed by atoms with Crippen LogP contribution in [0.3, 0.4) is 0 Å². The van der Waals surface area contributed by atoms with Gasteiger partial charge in [-0.15, -0.1) is 23.5 Å². The summed E-state index contributed by atoms with van der Waals surface area (Å²) in [7, 11) is 0. The van der Waals surface area contributed by atoms with Gasteiger partial charge in [0.05, 0.1) is 9.49 Å². The molecular formula is C57H40O4S2. The van der Waals surface area contributed by atoms with Crippen LogP contribution in [-0.2, 0) is 0 Å². The van der Waals surface area contributed by atoms with Crippen molar-refractivity contribution in [2.24, 2.45) is 0 Å². The van der Waals surface area contributed by atoms with E-state index < -0.39 is 0 Å². The highest BCUT2D eigenvalue weighted by molar-refractivity contribution is 8.14. The van der Waals surface area contributed by atoms with Crippen molar-refractivity contribution < 1.29 is 18.9 Å². The number of rotatable bonds is 2.